The Kier molecular flexibility index (Phi) is 5.32. The number of hydrogen-bond donors (Lipinski definition) is 0. The van der Waals surface area contributed by atoms with Gasteiger partial charge >= 0.3 is 0 Å². The van der Waals surface area contributed by atoms with Crippen LogP contribution in [0.2, 0.25) is 0 Å². The van der Waals surface area contributed by atoms with Crippen molar-refractivity contribution in [1.82, 2.24) is 0 Å². The van der Waals surface area contributed by atoms with E-state index >= 15 is 0 Å². The van der Waals surface area contributed by atoms with Gasteiger partial charge in [0.1, 0.15) is 0 Å². The monoisotopic (exact) mass is 141 g/mol. The summed E-state index contributed by atoms with van der Waals surface area (Å²) in [6, 6.07) is 0. The first-order chi connectivity index (χ1) is 4.68. The summed E-state index contributed by atoms with van der Waals surface area (Å²) in [5.41, 5.74) is 0. The Morgan fingerprint density at radius 2 is 2.10 bits per heavy atom. The Hall–Kier alpha value is -0.300. The molecule has 0 aliphatic carbocycles. The molecule has 1 unspecified atom stereocenters. The average Bonchev–Trinajstić information content (AvgIpc) is 1.88. The van der Waals surface area contributed by atoms with Crippen molar-refractivity contribution in [1.29, 1.82) is 0 Å². The zero-order valence-electron chi connectivity index (χ0n) is 7.13. The van der Waals surface area contributed by atoms with E-state index in [4.69, 9.17) is 4.74 Å². The zero-order chi connectivity index (χ0) is 7.98. The third kappa shape index (κ3) is 4.57. The van der Waals surface area contributed by atoms with Crippen molar-refractivity contribution in [2.45, 2.75) is 26.9 Å². The van der Waals surface area contributed by atoms with Crippen molar-refractivity contribution in [3.63, 3.8) is 0 Å². The van der Waals surface area contributed by atoms with E-state index in [2.05, 4.69) is 20.8 Å². The lowest BCUT2D eigenvalue weighted by Crippen LogP contribution is -2.15. The first-order valence-electron chi connectivity index (χ1n) is 3.74. The van der Waals surface area contributed by atoms with Crippen LogP contribution in [0.15, 0.2) is 12.2 Å². The van der Waals surface area contributed by atoms with E-state index in [1.165, 1.54) is 0 Å². The van der Waals surface area contributed by atoms with Crippen LogP contribution in [-0.2, 0) is 4.74 Å². The summed E-state index contributed by atoms with van der Waals surface area (Å²) in [5, 5.41) is 0. The fourth-order valence-electron chi connectivity index (χ4n) is 0.468. The topological polar surface area (TPSA) is 9.23 Å². The highest BCUT2D eigenvalue weighted by Gasteiger charge is 2.04. The highest BCUT2D eigenvalue weighted by Crippen LogP contribution is 2.03. The number of hydrogen-bond acceptors (Lipinski definition) is 1. The molecule has 0 fully saturated rings. The van der Waals surface area contributed by atoms with Gasteiger partial charge < -0.3 is 4.74 Å². The minimum absolute atomic E-state index is 0.121. The van der Waals surface area contributed by atoms with Crippen LogP contribution in [0.3, 0.4) is 0 Å². The van der Waals surface area contributed by atoms with Crippen LogP contribution in [-0.4, -0.2) is 12.7 Å². The predicted octanol–water partition coefficient (Wildman–Crippen LogP) is 2.44. The normalized spacial score (nSPS) is 14.9. The van der Waals surface area contributed by atoms with Gasteiger partial charge in [0, 0.05) is 0 Å². The van der Waals surface area contributed by atoms with Crippen molar-refractivity contribution >= 4 is 0 Å². The Morgan fingerprint density at radius 3 is 2.50 bits per heavy atom. The molecule has 0 spiro atoms. The van der Waals surface area contributed by atoms with E-state index in [0.717, 1.165) is 0 Å². The van der Waals surface area contributed by atoms with E-state index in [0.29, 0.717) is 12.5 Å². The van der Waals surface area contributed by atoms with Crippen molar-refractivity contribution in [2.24, 2.45) is 5.92 Å². The summed E-state index contributed by atoms with van der Waals surface area (Å²) >= 11 is 0. The molecule has 1 nitrogen and oxygen atoms in total. The molecule has 0 heterocycles. The summed E-state index contributed by atoms with van der Waals surface area (Å²) in [6.07, 6.45) is 4.09. The molecular formula is C9H17O. The summed E-state index contributed by atoms with van der Waals surface area (Å²) in [4.78, 5) is 0. The lowest BCUT2D eigenvalue weighted by molar-refractivity contribution is 0.0737. The number of ether oxygens (including phenoxy) is 1. The minimum Gasteiger partial charge on any atom is -0.374 e. The van der Waals surface area contributed by atoms with E-state index in [-0.39, 0.29) is 6.10 Å². The van der Waals surface area contributed by atoms with E-state index in [9.17, 15) is 0 Å². The van der Waals surface area contributed by atoms with Crippen LogP contribution >= 0.6 is 0 Å². The second-order valence-electron chi connectivity index (χ2n) is 2.68. The van der Waals surface area contributed by atoms with Gasteiger partial charge in [-0.25, -0.2) is 0 Å². The fraction of sp³-hybridized carbons (Fsp3) is 0.667. The molecule has 0 aromatic carbocycles. The summed E-state index contributed by atoms with van der Waals surface area (Å²) in [5.74, 6) is 0.505. The van der Waals surface area contributed by atoms with Crippen molar-refractivity contribution in [3.05, 3.63) is 19.1 Å². The Morgan fingerprint density at radius 1 is 1.50 bits per heavy atom. The number of allylic oxidation sites excluding steroid dienone is 1. The molecule has 0 aliphatic heterocycles. The quantitative estimate of drug-likeness (QED) is 0.546. The van der Waals surface area contributed by atoms with Crippen LogP contribution < -0.4 is 0 Å². The molecule has 1 atom stereocenters. The van der Waals surface area contributed by atoms with Crippen LogP contribution in [0.1, 0.15) is 20.8 Å². The SMILES string of the molecule is [CH2]C(OC/C=C/C)C(C)C. The third-order valence-corrected chi connectivity index (χ3v) is 1.39. The highest BCUT2D eigenvalue weighted by molar-refractivity contribution is 4.77. The maximum absolute atomic E-state index is 5.35. The van der Waals surface area contributed by atoms with Crippen molar-refractivity contribution < 1.29 is 4.74 Å². The summed E-state index contributed by atoms with van der Waals surface area (Å²) in [7, 11) is 0. The molecule has 0 saturated carbocycles. The van der Waals surface area contributed by atoms with E-state index in [1.54, 1.807) is 0 Å². The fourth-order valence-corrected chi connectivity index (χ4v) is 0.468. The van der Waals surface area contributed by atoms with Crippen molar-refractivity contribution in [2.75, 3.05) is 6.61 Å². The molecule has 0 rings (SSSR count). The first kappa shape index (κ1) is 9.70. The lowest BCUT2D eigenvalue weighted by atomic mass is 10.1. The Bertz CT molecular complexity index is 94.9. The minimum atomic E-state index is 0.121. The summed E-state index contributed by atoms with van der Waals surface area (Å²) in [6.45, 7) is 10.7. The molecule has 0 saturated heterocycles. The molecule has 0 aliphatic rings. The molecule has 10 heavy (non-hydrogen) atoms. The second-order valence-corrected chi connectivity index (χ2v) is 2.68. The molecule has 1 heteroatoms. The van der Waals surface area contributed by atoms with Crippen LogP contribution in [0.25, 0.3) is 0 Å². The van der Waals surface area contributed by atoms with Crippen LogP contribution in [0, 0.1) is 12.8 Å². The van der Waals surface area contributed by atoms with Gasteiger partial charge in [-0.05, 0) is 19.8 Å². The smallest absolute Gasteiger partial charge is 0.0651 e. The maximum atomic E-state index is 5.35. The Labute approximate surface area is 64.1 Å². The van der Waals surface area contributed by atoms with Gasteiger partial charge in [0.25, 0.3) is 0 Å². The van der Waals surface area contributed by atoms with Crippen LogP contribution in [0.5, 0.6) is 0 Å². The molecule has 0 aromatic rings. The molecule has 0 amide bonds. The predicted molar refractivity (Wildman–Crippen MR) is 44.7 cm³/mol. The van der Waals surface area contributed by atoms with Crippen LogP contribution in [0.4, 0.5) is 0 Å². The highest BCUT2D eigenvalue weighted by atomic mass is 16.5. The average molecular weight is 141 g/mol. The third-order valence-electron chi connectivity index (χ3n) is 1.39. The molecular weight excluding hydrogens is 124 g/mol. The lowest BCUT2D eigenvalue weighted by Gasteiger charge is -2.14. The van der Waals surface area contributed by atoms with Gasteiger partial charge in [0.15, 0.2) is 0 Å². The van der Waals surface area contributed by atoms with Crippen molar-refractivity contribution in [3.8, 4) is 0 Å². The maximum Gasteiger partial charge on any atom is 0.0651 e. The standard InChI is InChI=1S/C9H17O/c1-5-6-7-10-9(4)8(2)3/h5-6,8-9H,4,7H2,1-3H3/b6-5+. The van der Waals surface area contributed by atoms with Gasteiger partial charge in [-0.3, -0.25) is 0 Å². The number of rotatable bonds is 4. The zero-order valence-corrected chi connectivity index (χ0v) is 7.13. The molecule has 0 N–H and O–H groups in total. The van der Waals surface area contributed by atoms with Gasteiger partial charge in [-0.15, -0.1) is 0 Å². The molecule has 1 radical (unpaired) electrons. The van der Waals surface area contributed by atoms with E-state index in [1.807, 2.05) is 19.1 Å². The van der Waals surface area contributed by atoms with E-state index < -0.39 is 0 Å². The molecule has 59 valence electrons. The summed E-state index contributed by atoms with van der Waals surface area (Å²) < 4.78 is 5.35. The first-order valence-corrected chi connectivity index (χ1v) is 3.74. The Balaban J connectivity index is 3.30. The van der Waals surface area contributed by atoms with Gasteiger partial charge in [0.05, 0.1) is 12.7 Å². The molecule has 0 bridgehead atoms. The molecule has 0 aromatic heterocycles. The largest absolute Gasteiger partial charge is 0.374 e. The van der Waals surface area contributed by atoms with Gasteiger partial charge in [-0.1, -0.05) is 26.0 Å². The van der Waals surface area contributed by atoms with Gasteiger partial charge in [0.2, 0.25) is 0 Å². The van der Waals surface area contributed by atoms with Gasteiger partial charge in [-0.2, -0.15) is 0 Å². The second kappa shape index (κ2) is 5.48.